The molecule has 0 saturated carbocycles. The topological polar surface area (TPSA) is 145 Å². The van der Waals surface area contributed by atoms with Gasteiger partial charge < -0.3 is 20.7 Å². The molecule has 2 aromatic heterocycles. The number of thioether (sulfide) groups is 1. The largest absolute Gasteiger partial charge is 0.465 e. The lowest BCUT2D eigenvalue weighted by Crippen LogP contribution is -2.21. The number of esters is 1. The molecule has 0 aliphatic carbocycles. The highest BCUT2D eigenvalue weighted by molar-refractivity contribution is 7.99. The molecule has 13 heteroatoms. The van der Waals surface area contributed by atoms with E-state index in [1.54, 1.807) is 27.9 Å². The lowest BCUT2D eigenvalue weighted by molar-refractivity contribution is -0.139. The van der Waals surface area contributed by atoms with Gasteiger partial charge in [-0.1, -0.05) is 23.1 Å². The highest BCUT2D eigenvalue weighted by Crippen LogP contribution is 2.24. The number of thiazole rings is 1. The molecule has 0 bridgehead atoms. The molecule has 2 amide bonds. The Morgan fingerprint density at radius 3 is 2.68 bits per heavy atom. The first-order valence-electron chi connectivity index (χ1n) is 8.19. The van der Waals surface area contributed by atoms with E-state index in [-0.39, 0.29) is 30.8 Å². The molecule has 2 aromatic rings. The van der Waals surface area contributed by atoms with Gasteiger partial charge in [-0.2, -0.15) is 0 Å². The van der Waals surface area contributed by atoms with Crippen molar-refractivity contribution in [2.24, 2.45) is 0 Å². The zero-order valence-electron chi connectivity index (χ0n) is 15.9. The minimum atomic E-state index is -0.415. The second-order valence-electron chi connectivity index (χ2n) is 5.70. The van der Waals surface area contributed by atoms with Gasteiger partial charge in [-0.3, -0.25) is 19.0 Å². The summed E-state index contributed by atoms with van der Waals surface area (Å²) in [5.74, 6) is -0.935. The molecule has 0 unspecified atom stereocenters. The second-order valence-corrected chi connectivity index (χ2v) is 7.64. The summed E-state index contributed by atoms with van der Waals surface area (Å²) in [7, 11) is 3.29. The number of hydrogen-bond donors (Lipinski definition) is 2. The fourth-order valence-corrected chi connectivity index (χ4v) is 3.78. The number of aromatic nitrogens is 4. The van der Waals surface area contributed by atoms with E-state index in [1.807, 2.05) is 0 Å². The van der Waals surface area contributed by atoms with Crippen molar-refractivity contribution in [3.63, 3.8) is 0 Å². The number of ether oxygens (including phenoxy) is 1. The highest BCUT2D eigenvalue weighted by Gasteiger charge is 2.20. The lowest BCUT2D eigenvalue weighted by Gasteiger charge is -2.08. The van der Waals surface area contributed by atoms with Crippen LogP contribution >= 0.6 is 23.1 Å². The molecule has 11 nitrogen and oxygen atoms in total. The molecule has 0 spiro atoms. The number of nitrogen functional groups attached to an aromatic ring is 1. The van der Waals surface area contributed by atoms with Gasteiger partial charge >= 0.3 is 5.97 Å². The van der Waals surface area contributed by atoms with Crippen molar-refractivity contribution >= 4 is 52.0 Å². The molecule has 2 heterocycles. The predicted molar refractivity (Wildman–Crippen MR) is 105 cm³/mol. The average molecular weight is 428 g/mol. The molecule has 0 aromatic carbocycles. The number of nitrogens with zero attached hydrogens (tertiary/aromatic N) is 5. The van der Waals surface area contributed by atoms with Gasteiger partial charge in [0.2, 0.25) is 11.9 Å². The molecule has 3 N–H and O–H groups in total. The molecule has 2 rings (SSSR count). The van der Waals surface area contributed by atoms with Crippen LogP contribution in [0.2, 0.25) is 0 Å². The summed E-state index contributed by atoms with van der Waals surface area (Å²) in [5, 5.41) is 10.9. The number of nitrogens with one attached hydrogen (secondary N) is 1. The number of amides is 2. The summed E-state index contributed by atoms with van der Waals surface area (Å²) in [6, 6.07) is 0. The monoisotopic (exact) mass is 427 g/mol. The molecule has 0 aliphatic rings. The van der Waals surface area contributed by atoms with Crippen molar-refractivity contribution in [2.45, 2.75) is 25.5 Å². The first-order chi connectivity index (χ1) is 13.2. The van der Waals surface area contributed by atoms with Gasteiger partial charge in [0.15, 0.2) is 10.3 Å². The van der Waals surface area contributed by atoms with Crippen LogP contribution in [0, 0.1) is 6.92 Å². The van der Waals surface area contributed by atoms with Gasteiger partial charge in [0, 0.05) is 14.1 Å². The van der Waals surface area contributed by atoms with Gasteiger partial charge in [-0.05, 0) is 13.8 Å². The van der Waals surface area contributed by atoms with Gasteiger partial charge in [-0.25, -0.2) is 4.98 Å². The number of rotatable bonds is 8. The lowest BCUT2D eigenvalue weighted by atomic mass is 10.3. The molecule has 0 radical (unpaired) electrons. The summed E-state index contributed by atoms with van der Waals surface area (Å²) in [5.41, 5.74) is 6.30. The third-order valence-corrected chi connectivity index (χ3v) is 5.32. The summed E-state index contributed by atoms with van der Waals surface area (Å²) >= 11 is 2.16. The molecule has 0 atom stereocenters. The van der Waals surface area contributed by atoms with E-state index >= 15 is 0 Å². The third-order valence-electron chi connectivity index (χ3n) is 3.31. The van der Waals surface area contributed by atoms with Crippen molar-refractivity contribution < 1.29 is 19.1 Å². The van der Waals surface area contributed by atoms with Crippen molar-refractivity contribution in [1.29, 1.82) is 0 Å². The Balaban J connectivity index is 2.04. The fourth-order valence-electron chi connectivity index (χ4n) is 2.04. The van der Waals surface area contributed by atoms with Crippen molar-refractivity contribution in [3.8, 4) is 0 Å². The van der Waals surface area contributed by atoms with Crippen LogP contribution in [0.25, 0.3) is 0 Å². The molecule has 0 saturated heterocycles. The van der Waals surface area contributed by atoms with Crippen LogP contribution in [0.1, 0.15) is 22.3 Å². The normalized spacial score (nSPS) is 10.6. The van der Waals surface area contributed by atoms with Gasteiger partial charge in [0.25, 0.3) is 5.91 Å². The van der Waals surface area contributed by atoms with Crippen LogP contribution < -0.4 is 11.1 Å². The summed E-state index contributed by atoms with van der Waals surface area (Å²) in [6.45, 7) is 3.53. The summed E-state index contributed by atoms with van der Waals surface area (Å²) < 4.78 is 6.23. The van der Waals surface area contributed by atoms with E-state index in [0.29, 0.717) is 20.9 Å². The quantitative estimate of drug-likeness (QED) is 0.457. The summed E-state index contributed by atoms with van der Waals surface area (Å²) in [6.07, 6.45) is 0. The van der Waals surface area contributed by atoms with Gasteiger partial charge in [0.1, 0.15) is 11.4 Å². The number of nitrogens with two attached hydrogens (primary N) is 1. The fraction of sp³-hybridized carbons (Fsp3) is 0.467. The van der Waals surface area contributed by atoms with Gasteiger partial charge in [0.05, 0.1) is 18.1 Å². The zero-order chi connectivity index (χ0) is 20.8. The number of anilines is 2. The number of carbonyl (C=O) groups is 3. The van der Waals surface area contributed by atoms with E-state index in [2.05, 4.69) is 20.5 Å². The Kier molecular flexibility index (Phi) is 7.34. The maximum atomic E-state index is 12.4. The van der Waals surface area contributed by atoms with Gasteiger partial charge in [-0.15, -0.1) is 10.2 Å². The zero-order valence-corrected chi connectivity index (χ0v) is 17.5. The summed E-state index contributed by atoms with van der Waals surface area (Å²) in [4.78, 5) is 42.1. The molecule has 0 aliphatic heterocycles. The number of carbonyl (C=O) groups excluding carboxylic acids is 3. The average Bonchev–Trinajstić information content (AvgIpc) is 3.15. The van der Waals surface area contributed by atoms with Crippen LogP contribution in [0.5, 0.6) is 0 Å². The Labute approximate surface area is 169 Å². The number of aryl methyl sites for hydroxylation is 1. The third kappa shape index (κ3) is 5.42. The van der Waals surface area contributed by atoms with E-state index in [4.69, 9.17) is 10.5 Å². The Morgan fingerprint density at radius 2 is 2.04 bits per heavy atom. The van der Waals surface area contributed by atoms with Crippen molar-refractivity contribution in [1.82, 2.24) is 24.6 Å². The van der Waals surface area contributed by atoms with Crippen LogP contribution in [-0.2, 0) is 20.9 Å². The maximum absolute atomic E-state index is 12.4. The molecule has 152 valence electrons. The molecule has 28 heavy (non-hydrogen) atoms. The first kappa shape index (κ1) is 21.6. The van der Waals surface area contributed by atoms with E-state index in [1.165, 1.54) is 9.47 Å². The Morgan fingerprint density at radius 1 is 1.32 bits per heavy atom. The minimum Gasteiger partial charge on any atom is -0.465 e. The van der Waals surface area contributed by atoms with Crippen molar-refractivity contribution in [2.75, 3.05) is 37.5 Å². The first-order valence-corrected chi connectivity index (χ1v) is 9.99. The second kappa shape index (κ2) is 9.50. The minimum absolute atomic E-state index is 0.0231. The predicted octanol–water partition coefficient (Wildman–Crippen LogP) is 0.621. The SMILES string of the molecule is CCOC(=O)CSc1nnc(N)n1CC(=O)Nc1nc(C)c(C(=O)N(C)C)s1. The Bertz CT molecular complexity index is 878. The van der Waals surface area contributed by atoms with Crippen molar-refractivity contribution in [3.05, 3.63) is 10.6 Å². The molecule has 0 fully saturated rings. The molecular weight excluding hydrogens is 406 g/mol. The van der Waals surface area contributed by atoms with Crippen LogP contribution in [0.3, 0.4) is 0 Å². The van der Waals surface area contributed by atoms with E-state index in [0.717, 1.165) is 23.1 Å². The van der Waals surface area contributed by atoms with E-state index in [9.17, 15) is 14.4 Å². The highest BCUT2D eigenvalue weighted by atomic mass is 32.2. The Hall–Kier alpha value is -2.67. The van der Waals surface area contributed by atoms with Crippen LogP contribution in [0.4, 0.5) is 11.1 Å². The van der Waals surface area contributed by atoms with Crippen LogP contribution in [0.15, 0.2) is 5.16 Å². The van der Waals surface area contributed by atoms with Crippen LogP contribution in [-0.4, -0.2) is 68.9 Å². The number of hydrogen-bond acceptors (Lipinski definition) is 10. The maximum Gasteiger partial charge on any atom is 0.316 e. The van der Waals surface area contributed by atoms with E-state index < -0.39 is 11.9 Å². The molecular formula is C15H21N7O4S2. The smallest absolute Gasteiger partial charge is 0.316 e. The standard InChI is InChI=1S/C15H21N7O4S2/c1-5-26-10(24)7-27-15-20-19-13(16)22(15)6-9(23)18-14-17-8(2)11(28-14)12(25)21(3)4/h5-7H2,1-4H3,(H2,16,19)(H,17,18,23).